The van der Waals surface area contributed by atoms with Crippen molar-refractivity contribution < 1.29 is 120 Å². The van der Waals surface area contributed by atoms with E-state index in [-0.39, 0.29) is 79.4 Å². The van der Waals surface area contributed by atoms with Crippen molar-refractivity contribution in [2.24, 2.45) is 11.3 Å². The molecule has 0 spiro atoms. The summed E-state index contributed by atoms with van der Waals surface area (Å²) in [6.07, 6.45) is 5.72. The largest absolute Gasteiger partial charge is 1.00 e. The Kier molecular flexibility index (Phi) is 59.2. The van der Waals surface area contributed by atoms with E-state index in [1.165, 1.54) is 65.5 Å². The first kappa shape index (κ1) is 96.2. The van der Waals surface area contributed by atoms with E-state index in [9.17, 15) is 33.9 Å². The third-order valence-electron chi connectivity index (χ3n) is 12.9. The second-order valence-electron chi connectivity index (χ2n) is 20.8. The minimum atomic E-state index is -1.65. The van der Waals surface area contributed by atoms with Crippen molar-refractivity contribution in [1.29, 1.82) is 10.5 Å². The third kappa shape index (κ3) is 54.3. The van der Waals surface area contributed by atoms with Crippen molar-refractivity contribution in [2.75, 3.05) is 0 Å². The predicted molar refractivity (Wildman–Crippen MR) is 314 cm³/mol. The van der Waals surface area contributed by atoms with Crippen LogP contribution >= 0.6 is 0 Å². The zero-order valence-electron chi connectivity index (χ0n) is 53.7. The molecule has 11 N–H and O–H groups in total. The third-order valence-corrected chi connectivity index (χ3v) is 12.9. The number of carboxylic acid groups (broad SMARTS) is 6. The van der Waals surface area contributed by atoms with E-state index < -0.39 is 69.4 Å². The number of aliphatic carboxylic acids is 6. The number of hydrogen-bond donors (Lipinski definition) is 11. The molecule has 2 aromatic carbocycles. The van der Waals surface area contributed by atoms with E-state index in [2.05, 4.69) is 100 Å². The summed E-state index contributed by atoms with van der Waals surface area (Å²) in [5.41, 5.74) is -6.57. The van der Waals surface area contributed by atoms with Crippen LogP contribution in [0.15, 0.2) is 60.7 Å². The fraction of sp³-hybridized carbons (Fsp3) is 0.672. The molecule has 21 heteroatoms. The number of rotatable bonds is 18. The predicted octanol–water partition coefficient (Wildman–Crippen LogP) is 6.96. The fourth-order valence-corrected chi connectivity index (χ4v) is 3.11. The first-order valence-corrected chi connectivity index (χ1v) is 27.3. The first-order chi connectivity index (χ1) is 36.6. The second kappa shape index (κ2) is 50.5. The summed E-state index contributed by atoms with van der Waals surface area (Å²) in [5.74, 6) is -5.59. The number of carbonyl (C=O) groups excluding carboxylic acids is 1. The number of nitriles is 2. The molecule has 0 amide bonds. The molecule has 20 nitrogen and oxygen atoms in total. The zero-order chi connectivity index (χ0) is 66.4. The molecule has 0 saturated carbocycles. The van der Waals surface area contributed by atoms with Crippen LogP contribution in [0.1, 0.15) is 233 Å². The van der Waals surface area contributed by atoms with E-state index in [0.717, 1.165) is 12.8 Å². The van der Waals surface area contributed by atoms with Gasteiger partial charge in [-0.15, -0.1) is 0 Å². The van der Waals surface area contributed by atoms with Crippen molar-refractivity contribution in [1.82, 2.24) is 0 Å². The molecule has 0 heterocycles. The van der Waals surface area contributed by atoms with Crippen LogP contribution in [-0.2, 0) is 28.8 Å². The molecule has 9 atom stereocenters. The van der Waals surface area contributed by atoms with Gasteiger partial charge in [0.25, 0.3) is 0 Å². The molecule has 2 aromatic rings. The van der Waals surface area contributed by atoms with Gasteiger partial charge in [0, 0.05) is 5.92 Å². The number of carboxylic acids is 6. The summed E-state index contributed by atoms with van der Waals surface area (Å²) in [7, 11) is 0. The molecule has 82 heavy (non-hydrogen) atoms. The summed E-state index contributed by atoms with van der Waals surface area (Å²) in [4.78, 5) is 59.9. The van der Waals surface area contributed by atoms with Gasteiger partial charge in [-0.3, -0.25) is 0 Å². The van der Waals surface area contributed by atoms with E-state index in [1.807, 2.05) is 34.6 Å². The maximum absolute atomic E-state index is 10.0. The normalized spacial score (nSPS) is 15.2. The molecule has 0 saturated heterocycles. The van der Waals surface area contributed by atoms with Gasteiger partial charge in [-0.2, -0.15) is 10.5 Å². The van der Waals surface area contributed by atoms with E-state index in [0.29, 0.717) is 11.8 Å². The Morgan fingerprint density at radius 2 is 0.622 bits per heavy atom. The van der Waals surface area contributed by atoms with E-state index >= 15 is 0 Å². The minimum absolute atomic E-state index is 0. The molecule has 0 radical (unpaired) electrons. The molecule has 0 aliphatic rings. The average Bonchev–Trinajstić information content (AvgIpc) is 3.43. The molecule has 470 valence electrons. The van der Waals surface area contributed by atoms with E-state index in [1.54, 1.807) is 41.5 Å². The molecule has 0 aliphatic carbocycles. The number of aliphatic hydroxyl groups is 6. The summed E-state index contributed by atoms with van der Waals surface area (Å²) in [6.45, 7) is 36.0. The summed E-state index contributed by atoms with van der Waals surface area (Å²) in [5, 5.41) is 120. The topological polar surface area (TPSA) is 396 Å². The van der Waals surface area contributed by atoms with Crippen LogP contribution in [0, 0.1) is 34.0 Å². The maximum atomic E-state index is 10.0. The molecule has 9 unspecified atom stereocenters. The zero-order valence-corrected chi connectivity index (χ0v) is 55.7. The van der Waals surface area contributed by atoms with Gasteiger partial charge in [0.15, 0.2) is 28.0 Å². The number of hydrogen-bond acceptors (Lipinski definition) is 15. The van der Waals surface area contributed by atoms with Crippen molar-refractivity contribution in [3.63, 3.8) is 0 Å². The maximum Gasteiger partial charge on any atom is 1.00 e. The van der Waals surface area contributed by atoms with Crippen LogP contribution in [0.2, 0.25) is 0 Å². The van der Waals surface area contributed by atoms with Gasteiger partial charge in [0.2, 0.25) is 0 Å². The van der Waals surface area contributed by atoms with Crippen LogP contribution in [0.4, 0.5) is 0 Å². The fourth-order valence-electron chi connectivity index (χ4n) is 3.11. The van der Waals surface area contributed by atoms with Crippen LogP contribution in [0.5, 0.6) is 0 Å². The Balaban J connectivity index is -0.000000103. The molecule has 0 fully saturated rings. The molecule has 2 rings (SSSR count). The van der Waals surface area contributed by atoms with Crippen molar-refractivity contribution in [2.45, 2.75) is 255 Å². The van der Waals surface area contributed by atoms with Crippen LogP contribution in [0.3, 0.4) is 0 Å². The Bertz CT molecular complexity index is 1820. The molecule has 0 aliphatic heterocycles. The molecule has 0 bridgehead atoms. The van der Waals surface area contributed by atoms with Crippen LogP contribution in [-0.4, -0.2) is 126 Å². The Morgan fingerprint density at radius 3 is 0.683 bits per heavy atom. The van der Waals surface area contributed by atoms with Gasteiger partial charge in [-0.05, 0) is 149 Å². The Hall–Kier alpha value is -5.00. The summed E-state index contributed by atoms with van der Waals surface area (Å²) < 4.78 is 0. The van der Waals surface area contributed by atoms with Gasteiger partial charge in [-0.25, -0.2) is 24.0 Å². The van der Waals surface area contributed by atoms with Gasteiger partial charge in [0.1, 0.15) is 5.60 Å². The van der Waals surface area contributed by atoms with Gasteiger partial charge in [-0.1, -0.05) is 144 Å². The quantitative estimate of drug-likeness (QED) is 0.0671. The van der Waals surface area contributed by atoms with Gasteiger partial charge >= 0.3 is 59.4 Å². The molecular weight excluding hydrogens is 1070 g/mol. The SMILES string of the molecule is CCC(C)(C)C#N.CCC(C)(O)C(=O)O.CCC(C)(O)C(=O)O.CCC(C)(O)C(=O)O.CCC(C)(O)C(=O)O.CCC(C)(O)C(=O)O.CCC(C)(O)C(=O)[O-].CCC(C)C#N.CCC(C)c1ccccc1.CCC(C)c1ccccc1.[Na+]. The van der Waals surface area contributed by atoms with Gasteiger partial charge < -0.3 is 66.1 Å². The minimum Gasteiger partial charge on any atom is -0.547 e. The average molecular weight is 1180 g/mol. The van der Waals surface area contributed by atoms with E-state index in [4.69, 9.17) is 66.7 Å². The Labute approximate surface area is 513 Å². The number of benzene rings is 2. The standard InChI is InChI=1S/2C10H14.C6H11N.C5H9N.6C5H10O3.Na/c2*1-3-9(2)10-7-5-4-6-8-10;1-4-6(2,3)5-7;1-3-5(2)4-6;6*1-3-5(2,8)4(6)7;/h2*4-9H,3H2,1-2H3;4H2,1-3H3;5H,3H2,1-2H3;6*8H,3H2,1-2H3,(H,6,7);/q;;;;;;;;;;+1/p-1. The monoisotopic (exact) mass is 1180 g/mol. The van der Waals surface area contributed by atoms with Gasteiger partial charge in [0.05, 0.1) is 23.5 Å². The number of carbonyl (C=O) groups is 6. The van der Waals surface area contributed by atoms with Crippen molar-refractivity contribution in [3.8, 4) is 12.1 Å². The first-order valence-electron chi connectivity index (χ1n) is 27.3. The van der Waals surface area contributed by atoms with Crippen molar-refractivity contribution >= 4 is 35.8 Å². The Morgan fingerprint density at radius 1 is 0.415 bits per heavy atom. The molecular formula is C61H107N2NaO18. The van der Waals surface area contributed by atoms with Crippen LogP contribution < -0.4 is 34.7 Å². The summed E-state index contributed by atoms with van der Waals surface area (Å²) >= 11 is 0. The molecule has 0 aromatic heterocycles. The number of nitrogens with zero attached hydrogens (tertiary/aromatic N) is 2. The summed E-state index contributed by atoms with van der Waals surface area (Å²) in [6, 6.07) is 25.6. The van der Waals surface area contributed by atoms with Crippen LogP contribution in [0.25, 0.3) is 0 Å². The second-order valence-corrected chi connectivity index (χ2v) is 20.8. The smallest absolute Gasteiger partial charge is 0.547 e. The van der Waals surface area contributed by atoms with Crippen molar-refractivity contribution in [3.05, 3.63) is 71.8 Å².